The van der Waals surface area contributed by atoms with Gasteiger partial charge in [0.05, 0.1) is 4.70 Å². The lowest BCUT2D eigenvalue weighted by Crippen LogP contribution is -2.47. The van der Waals surface area contributed by atoms with Gasteiger partial charge in [-0.1, -0.05) is 17.7 Å². The number of Topliss-reactive ketones (excluding diaryl/α,β-unsaturated/α-hetero) is 1. The number of carbonyl (C=O) groups is 2. The van der Waals surface area contributed by atoms with Crippen molar-refractivity contribution in [2.45, 2.75) is 26.2 Å². The minimum Gasteiger partial charge on any atom is -0.308 e. The Hall–Kier alpha value is -2.48. The molecule has 32 heavy (non-hydrogen) atoms. The number of nitrogens with one attached hydrogen (secondary N) is 2. The van der Waals surface area contributed by atoms with Crippen LogP contribution in [0.15, 0.2) is 36.4 Å². The maximum absolute atomic E-state index is 13.0. The lowest BCUT2D eigenvalue weighted by atomic mass is 9.76. The minimum atomic E-state index is -0.349. The van der Waals surface area contributed by atoms with E-state index in [1.165, 1.54) is 37.5 Å². The van der Waals surface area contributed by atoms with Crippen LogP contribution >= 0.6 is 23.1 Å². The first-order valence-electron chi connectivity index (χ1n) is 11.0. The number of aromatic nitrogens is 1. The summed E-state index contributed by atoms with van der Waals surface area (Å²) in [6.07, 6.45) is 2.99. The van der Waals surface area contributed by atoms with Crippen molar-refractivity contribution in [2.75, 3.05) is 30.3 Å². The third kappa shape index (κ3) is 4.37. The molecule has 3 aromatic rings. The standard InChI is InChI=1S/C24H25ClN4O2S/c1-14-2-3-17(25)11-20(14)27-24(31)26-18-4-5-19-22(12-18)32-28-23(19)21(30)10-16-13-29-8-6-15(16)7-9-29/h2-5,11-12,15-16H,6-10,13H2,1H3,(H2,26,27,31)/t16-/m0/s1. The van der Waals surface area contributed by atoms with E-state index < -0.39 is 0 Å². The first-order valence-corrected chi connectivity index (χ1v) is 12.1. The summed E-state index contributed by atoms with van der Waals surface area (Å²) in [4.78, 5) is 27.9. The molecule has 0 spiro atoms. The number of hydrogen-bond acceptors (Lipinski definition) is 5. The maximum Gasteiger partial charge on any atom is 0.323 e. The zero-order chi connectivity index (χ0) is 22.2. The van der Waals surface area contributed by atoms with Gasteiger partial charge in [-0.3, -0.25) is 4.79 Å². The molecule has 0 saturated carbocycles. The highest BCUT2D eigenvalue weighted by Gasteiger charge is 2.35. The Morgan fingerprint density at radius 1 is 1.16 bits per heavy atom. The molecule has 0 radical (unpaired) electrons. The molecule has 8 heteroatoms. The van der Waals surface area contributed by atoms with Gasteiger partial charge in [0.2, 0.25) is 0 Å². The van der Waals surface area contributed by atoms with E-state index in [2.05, 4.69) is 19.9 Å². The Morgan fingerprint density at radius 2 is 1.97 bits per heavy atom. The number of ketones is 1. The number of benzene rings is 2. The molecule has 1 atom stereocenters. The number of urea groups is 1. The van der Waals surface area contributed by atoms with E-state index in [1.54, 1.807) is 12.1 Å². The van der Waals surface area contributed by atoms with Gasteiger partial charge in [-0.05, 0) is 92.1 Å². The molecule has 6 nitrogen and oxygen atoms in total. The van der Waals surface area contributed by atoms with E-state index in [0.29, 0.717) is 40.3 Å². The highest BCUT2D eigenvalue weighted by atomic mass is 35.5. The Balaban J connectivity index is 1.27. The molecule has 0 aliphatic carbocycles. The first kappa shape index (κ1) is 21.4. The molecular weight excluding hydrogens is 444 g/mol. The lowest BCUT2D eigenvalue weighted by Gasteiger charge is -2.44. The monoisotopic (exact) mass is 468 g/mol. The van der Waals surface area contributed by atoms with Gasteiger partial charge in [-0.25, -0.2) is 4.79 Å². The number of nitrogens with zero attached hydrogens (tertiary/aromatic N) is 2. The zero-order valence-corrected chi connectivity index (χ0v) is 19.4. The Labute approximate surface area is 196 Å². The summed E-state index contributed by atoms with van der Waals surface area (Å²) in [7, 11) is 0. The zero-order valence-electron chi connectivity index (χ0n) is 17.9. The van der Waals surface area contributed by atoms with Gasteiger partial charge < -0.3 is 15.5 Å². The van der Waals surface area contributed by atoms with Crippen molar-refractivity contribution >= 4 is 56.4 Å². The number of hydrogen-bond donors (Lipinski definition) is 2. The number of piperidine rings is 3. The molecule has 3 aliphatic rings. The van der Waals surface area contributed by atoms with Gasteiger partial charge in [0.1, 0.15) is 5.69 Å². The van der Waals surface area contributed by atoms with Crippen LogP contribution in [0.2, 0.25) is 5.02 Å². The van der Waals surface area contributed by atoms with E-state index in [0.717, 1.165) is 22.2 Å². The van der Waals surface area contributed by atoms with Crippen LogP contribution in [0, 0.1) is 18.8 Å². The smallest absolute Gasteiger partial charge is 0.308 e. The van der Waals surface area contributed by atoms with E-state index in [9.17, 15) is 9.59 Å². The predicted molar refractivity (Wildman–Crippen MR) is 130 cm³/mol. The van der Waals surface area contributed by atoms with Crippen molar-refractivity contribution < 1.29 is 9.59 Å². The van der Waals surface area contributed by atoms with Crippen molar-refractivity contribution in [3.63, 3.8) is 0 Å². The van der Waals surface area contributed by atoms with Crippen LogP contribution < -0.4 is 10.6 Å². The molecule has 2 aromatic carbocycles. The summed E-state index contributed by atoms with van der Waals surface area (Å²) in [5, 5.41) is 7.09. The molecule has 1 aromatic heterocycles. The van der Waals surface area contributed by atoms with Gasteiger partial charge >= 0.3 is 6.03 Å². The topological polar surface area (TPSA) is 74.3 Å². The maximum atomic E-state index is 13.0. The summed E-state index contributed by atoms with van der Waals surface area (Å²) in [6.45, 7) is 5.29. The molecule has 3 saturated heterocycles. The molecule has 4 heterocycles. The average molecular weight is 469 g/mol. The molecule has 2 amide bonds. The van der Waals surface area contributed by atoms with Crippen molar-refractivity contribution in [2.24, 2.45) is 11.8 Å². The second-order valence-corrected chi connectivity index (χ2v) is 10.0. The van der Waals surface area contributed by atoms with E-state index in [4.69, 9.17) is 11.6 Å². The normalized spacial score (nSPS) is 22.1. The van der Waals surface area contributed by atoms with Crippen molar-refractivity contribution in [1.82, 2.24) is 9.27 Å². The summed E-state index contributed by atoms with van der Waals surface area (Å²) >= 11 is 7.33. The van der Waals surface area contributed by atoms with Crippen LogP contribution in [0.3, 0.4) is 0 Å². The molecule has 3 aliphatic heterocycles. The Morgan fingerprint density at radius 3 is 2.72 bits per heavy atom. The summed E-state index contributed by atoms with van der Waals surface area (Å²) in [6, 6.07) is 10.6. The molecular formula is C24H25ClN4O2S. The van der Waals surface area contributed by atoms with E-state index in [-0.39, 0.29) is 11.8 Å². The van der Waals surface area contributed by atoms with E-state index >= 15 is 0 Å². The molecule has 166 valence electrons. The quantitative estimate of drug-likeness (QED) is 0.463. The van der Waals surface area contributed by atoms with Gasteiger partial charge in [-0.2, -0.15) is 4.37 Å². The Kier molecular flexibility index (Phi) is 5.88. The largest absolute Gasteiger partial charge is 0.323 e. The fourth-order valence-electron chi connectivity index (χ4n) is 4.88. The highest BCUT2D eigenvalue weighted by Crippen LogP contribution is 2.36. The van der Waals surface area contributed by atoms with Gasteiger partial charge in [-0.15, -0.1) is 0 Å². The van der Waals surface area contributed by atoms with Crippen LogP contribution in [0.1, 0.15) is 35.3 Å². The van der Waals surface area contributed by atoms with Gasteiger partial charge in [0, 0.05) is 34.7 Å². The second-order valence-electron chi connectivity index (χ2n) is 8.81. The fourth-order valence-corrected chi connectivity index (χ4v) is 5.89. The second kappa shape index (κ2) is 8.81. The fraction of sp³-hybridized carbons (Fsp3) is 0.375. The number of halogens is 1. The molecule has 3 fully saturated rings. The van der Waals surface area contributed by atoms with Crippen LogP contribution in [0.5, 0.6) is 0 Å². The van der Waals surface area contributed by atoms with Crippen LogP contribution in [0.4, 0.5) is 16.2 Å². The number of anilines is 2. The average Bonchev–Trinajstić information content (AvgIpc) is 3.20. The number of rotatable bonds is 5. The SMILES string of the molecule is Cc1ccc(Cl)cc1NC(=O)Nc1ccc2c(C(=O)C[C@H]3CN4CCC3CC4)nsc2c1. The first-order chi connectivity index (χ1) is 15.5. The van der Waals surface area contributed by atoms with Crippen LogP contribution in [0.25, 0.3) is 10.1 Å². The molecule has 6 rings (SSSR count). The van der Waals surface area contributed by atoms with Crippen LogP contribution in [-0.2, 0) is 0 Å². The molecule has 2 bridgehead atoms. The Bertz CT molecular complexity index is 1190. The highest BCUT2D eigenvalue weighted by molar-refractivity contribution is 7.13. The summed E-state index contributed by atoms with van der Waals surface area (Å²) < 4.78 is 5.36. The number of amides is 2. The number of fused-ring (bicyclic) bond motifs is 4. The van der Waals surface area contributed by atoms with Crippen molar-refractivity contribution in [3.05, 3.63) is 52.7 Å². The van der Waals surface area contributed by atoms with Crippen LogP contribution in [-0.4, -0.2) is 40.7 Å². The minimum absolute atomic E-state index is 0.130. The third-order valence-corrected chi connectivity index (χ3v) is 7.72. The van der Waals surface area contributed by atoms with Crippen molar-refractivity contribution in [1.29, 1.82) is 0 Å². The van der Waals surface area contributed by atoms with Gasteiger partial charge in [0.25, 0.3) is 0 Å². The third-order valence-electron chi connectivity index (χ3n) is 6.68. The summed E-state index contributed by atoms with van der Waals surface area (Å²) in [5.74, 6) is 1.25. The molecule has 0 unspecified atom stereocenters. The number of aryl methyl sites for hydroxylation is 1. The molecule has 2 N–H and O–H groups in total. The predicted octanol–water partition coefficient (Wildman–Crippen LogP) is 5.82. The summed E-state index contributed by atoms with van der Waals surface area (Å²) in [5.41, 5.74) is 2.80. The van der Waals surface area contributed by atoms with Crippen molar-refractivity contribution in [3.8, 4) is 0 Å². The van der Waals surface area contributed by atoms with E-state index in [1.807, 2.05) is 31.2 Å². The van der Waals surface area contributed by atoms with Gasteiger partial charge in [0.15, 0.2) is 5.78 Å². The number of carbonyl (C=O) groups excluding carboxylic acids is 2. The lowest BCUT2D eigenvalue weighted by molar-refractivity contribution is 0.0440.